The molecule has 0 amide bonds. The van der Waals surface area contributed by atoms with Gasteiger partial charge in [0.1, 0.15) is 0 Å². The van der Waals surface area contributed by atoms with Crippen molar-refractivity contribution in [3.8, 4) is 22.3 Å². The molecule has 4 aromatic rings. The smallest absolute Gasteiger partial charge is 0.0920 e. The van der Waals surface area contributed by atoms with E-state index in [1.807, 2.05) is 6.07 Å². The molecule has 4 aromatic carbocycles. The molecule has 0 saturated carbocycles. The van der Waals surface area contributed by atoms with Crippen molar-refractivity contribution in [1.29, 1.82) is 0 Å². The Labute approximate surface area is 257 Å². The van der Waals surface area contributed by atoms with Gasteiger partial charge >= 0.3 is 37.9 Å². The first kappa shape index (κ1) is 30.4. The molecule has 0 aromatic heterocycles. The molecule has 2 radical (unpaired) electrons. The van der Waals surface area contributed by atoms with Crippen molar-refractivity contribution >= 4 is 36.9 Å². The van der Waals surface area contributed by atoms with Crippen molar-refractivity contribution in [1.82, 2.24) is 0 Å². The van der Waals surface area contributed by atoms with Gasteiger partial charge in [0, 0.05) is 0 Å². The van der Waals surface area contributed by atoms with Gasteiger partial charge in [-0.05, 0) is 5.56 Å². The van der Waals surface area contributed by atoms with E-state index >= 15 is 0 Å². The molecule has 0 fully saturated rings. The van der Waals surface area contributed by atoms with E-state index in [2.05, 4.69) is 111 Å². The summed E-state index contributed by atoms with van der Waals surface area (Å²) in [6.45, 7) is 4.62. The molecule has 4 heteroatoms. The molecule has 0 nitrogen and oxygen atoms in total. The minimum atomic E-state index is -0.826. The number of rotatable bonds is 7. The molecule has 0 atom stereocenters. The second kappa shape index (κ2) is 15.4. The second-order valence-electron chi connectivity index (χ2n) is 10.3. The van der Waals surface area contributed by atoms with E-state index in [1.165, 1.54) is 83.1 Å². The molecule has 0 saturated heterocycles. The van der Waals surface area contributed by atoms with Crippen LogP contribution in [0.1, 0.15) is 63.5 Å². The van der Waals surface area contributed by atoms with Gasteiger partial charge in [-0.15, -0.1) is 17.2 Å². The summed E-state index contributed by atoms with van der Waals surface area (Å²) in [6, 6.07) is 35.9. The van der Waals surface area contributed by atoms with Gasteiger partial charge in [-0.25, -0.2) is 0 Å². The molecular weight excluding hydrogens is 611 g/mol. The maximum atomic E-state index is 4.93. The second-order valence-corrected chi connectivity index (χ2v) is 15.4. The van der Waals surface area contributed by atoms with Crippen LogP contribution in [-0.2, 0) is 27.3 Å². The van der Waals surface area contributed by atoms with Crippen molar-refractivity contribution in [2.24, 2.45) is 5.41 Å². The van der Waals surface area contributed by atoms with Gasteiger partial charge in [-0.1, -0.05) is 141 Å². The van der Waals surface area contributed by atoms with Crippen molar-refractivity contribution < 1.29 is 20.8 Å². The molecule has 1 aliphatic heterocycles. The third-order valence-corrected chi connectivity index (χ3v) is 9.05. The maximum absolute atomic E-state index is 4.93. The van der Waals surface area contributed by atoms with Crippen molar-refractivity contribution in [2.75, 3.05) is 0 Å². The van der Waals surface area contributed by atoms with Crippen LogP contribution in [0.4, 0.5) is 0 Å². The summed E-state index contributed by atoms with van der Waals surface area (Å²) in [6.07, 6.45) is 11.8. The Bertz CT molecular complexity index is 1270. The number of hydrogen-bond donors (Lipinski definition) is 0. The van der Waals surface area contributed by atoms with Gasteiger partial charge in [-0.2, -0.15) is 47.5 Å². The van der Waals surface area contributed by atoms with E-state index in [-0.39, 0.29) is 0 Å². The summed E-state index contributed by atoms with van der Waals surface area (Å²) in [7, 11) is 10.7. The zero-order chi connectivity index (χ0) is 27.5. The topological polar surface area (TPSA) is 0 Å². The van der Waals surface area contributed by atoms with E-state index in [9.17, 15) is 0 Å². The first-order valence-corrected chi connectivity index (χ1v) is 21.3. The quantitative estimate of drug-likeness (QED) is 0.122. The minimum Gasteiger partial charge on any atom is -0.184 e. The number of hydrogen-bond acceptors (Lipinski definition) is 0. The van der Waals surface area contributed by atoms with Gasteiger partial charge in [0.25, 0.3) is 0 Å². The fourth-order valence-corrected chi connectivity index (χ4v) is 7.10. The predicted molar refractivity (Wildman–Crippen MR) is 168 cm³/mol. The van der Waals surface area contributed by atoms with Crippen LogP contribution >= 0.6 is 17.0 Å². The molecule has 39 heavy (non-hydrogen) atoms. The Kier molecular flexibility index (Phi) is 12.0. The van der Waals surface area contributed by atoms with Crippen LogP contribution in [0.3, 0.4) is 0 Å². The molecule has 2 aliphatic rings. The zero-order valence-electron chi connectivity index (χ0n) is 22.9. The van der Waals surface area contributed by atoms with Gasteiger partial charge in [0.2, 0.25) is 0 Å². The fourth-order valence-electron chi connectivity index (χ4n) is 5.79. The normalized spacial score (nSPS) is 13.3. The largest absolute Gasteiger partial charge is 0.184 e. The summed E-state index contributed by atoms with van der Waals surface area (Å²) in [5.41, 5.74) is 9.03. The molecule has 1 aliphatic carbocycles. The van der Waals surface area contributed by atoms with E-state index in [0.717, 1.165) is 9.52 Å². The van der Waals surface area contributed by atoms with Crippen molar-refractivity contribution in [3.05, 3.63) is 115 Å². The van der Waals surface area contributed by atoms with E-state index in [0.29, 0.717) is 5.41 Å². The Morgan fingerprint density at radius 2 is 1.44 bits per heavy atom. The summed E-state index contributed by atoms with van der Waals surface area (Å²) in [5.74, 6) is 0. The van der Waals surface area contributed by atoms with Gasteiger partial charge in [0.05, 0.1) is 9.52 Å². The number of unbranched alkanes of at least 4 members (excludes halogenated alkanes) is 2. The van der Waals surface area contributed by atoms with E-state index in [4.69, 9.17) is 17.0 Å². The number of halogens is 2. The SMILES string of the molecule is CCCCC1(CCCC)[CH-]c2cccc(-c3ccccc3)c2C1.[Cl][Zr+2][Cl].[c-]1cccc2c1[Si]c1ccccc1-2. The van der Waals surface area contributed by atoms with Crippen LogP contribution in [-0.4, -0.2) is 9.52 Å². The van der Waals surface area contributed by atoms with Crippen LogP contribution in [0.25, 0.3) is 22.3 Å². The van der Waals surface area contributed by atoms with Crippen LogP contribution in [0.2, 0.25) is 0 Å². The first-order chi connectivity index (χ1) is 19.1. The molecule has 1 heterocycles. The van der Waals surface area contributed by atoms with Crippen LogP contribution in [0.15, 0.2) is 91.0 Å². The summed E-state index contributed by atoms with van der Waals surface area (Å²) in [5, 5.41) is 2.82. The first-order valence-electron chi connectivity index (χ1n) is 14.0. The maximum Gasteiger partial charge on any atom is 0.0920 e. The van der Waals surface area contributed by atoms with Crippen LogP contribution in [0, 0.1) is 17.9 Å². The van der Waals surface area contributed by atoms with Crippen molar-refractivity contribution in [3.63, 3.8) is 0 Å². The Morgan fingerprint density at radius 1 is 0.795 bits per heavy atom. The predicted octanol–water partition coefficient (Wildman–Crippen LogP) is 9.33. The molecular formula is C35H36Cl2SiZr. The molecule has 0 N–H and O–H groups in total. The monoisotopic (exact) mass is 644 g/mol. The standard InChI is InChI=1S/C23H29.C12H7Si.2ClH.Zr/c1-3-5-15-23(16-6-4-2)17-20-13-10-14-21(22(20)18-23)19-11-8-7-9-12-19;1-3-7-11-9(5-1)10-6-2-4-8-12(10)13-11;;;/h7-14,17H,3-6,15-16,18H2,1-2H3;1-7H;2*1H;/q2*-1;;;+4/p-2. The molecule has 198 valence electrons. The Balaban J connectivity index is 0.000000184. The Morgan fingerprint density at radius 3 is 2.15 bits per heavy atom. The van der Waals surface area contributed by atoms with Gasteiger partial charge < -0.3 is 0 Å². The molecule has 0 bridgehead atoms. The average molecular weight is 647 g/mol. The minimum absolute atomic E-state index is 0.402. The molecule has 0 spiro atoms. The van der Waals surface area contributed by atoms with Crippen LogP contribution < -0.4 is 10.4 Å². The molecule has 0 unspecified atom stereocenters. The van der Waals surface area contributed by atoms with E-state index in [1.54, 1.807) is 5.56 Å². The van der Waals surface area contributed by atoms with Crippen LogP contribution in [0.5, 0.6) is 0 Å². The molecule has 6 rings (SSSR count). The fraction of sp³-hybridized carbons (Fsp3) is 0.286. The number of benzene rings is 4. The van der Waals surface area contributed by atoms with E-state index < -0.39 is 20.8 Å². The zero-order valence-corrected chi connectivity index (χ0v) is 27.9. The average Bonchev–Trinajstić information content (AvgIpc) is 3.55. The summed E-state index contributed by atoms with van der Waals surface area (Å²) in [4.78, 5) is 0. The summed E-state index contributed by atoms with van der Waals surface area (Å²) < 4.78 is 0. The van der Waals surface area contributed by atoms with Gasteiger partial charge in [-0.3, -0.25) is 0 Å². The van der Waals surface area contributed by atoms with Gasteiger partial charge in [0.15, 0.2) is 0 Å². The van der Waals surface area contributed by atoms with Crippen molar-refractivity contribution in [2.45, 2.75) is 58.8 Å². The third-order valence-electron chi connectivity index (χ3n) is 7.68. The number of fused-ring (bicyclic) bond motifs is 4. The third kappa shape index (κ3) is 7.80. The Hall–Kier alpha value is -1.57. The summed E-state index contributed by atoms with van der Waals surface area (Å²) >= 11 is -0.826.